The van der Waals surface area contributed by atoms with E-state index in [1.54, 1.807) is 12.1 Å². The molecular weight excluding hydrogens is 296 g/mol. The minimum absolute atomic E-state index is 0.144. The zero-order valence-corrected chi connectivity index (χ0v) is 13.4. The lowest BCUT2D eigenvalue weighted by molar-refractivity contribution is -0.697. The highest BCUT2D eigenvalue weighted by Gasteiger charge is 2.24. The van der Waals surface area contributed by atoms with Gasteiger partial charge in [0.2, 0.25) is 10.0 Å². The molecule has 1 aliphatic rings. The summed E-state index contributed by atoms with van der Waals surface area (Å²) in [5, 5.41) is 2.21. The van der Waals surface area contributed by atoms with Crippen LogP contribution < -0.4 is 10.0 Å². The van der Waals surface area contributed by atoms with Gasteiger partial charge in [-0.1, -0.05) is 42.0 Å². The summed E-state index contributed by atoms with van der Waals surface area (Å²) in [6, 6.07) is 15.3. The lowest BCUT2D eigenvalue weighted by Gasteiger charge is -2.24. The third-order valence-corrected chi connectivity index (χ3v) is 5.58. The highest BCUT2D eigenvalue weighted by molar-refractivity contribution is 7.89. The molecule has 0 spiro atoms. The Balaban J connectivity index is 1.74. The molecule has 0 aliphatic carbocycles. The van der Waals surface area contributed by atoms with Crippen LogP contribution in [-0.4, -0.2) is 21.5 Å². The second-order valence-corrected chi connectivity index (χ2v) is 7.51. The summed E-state index contributed by atoms with van der Waals surface area (Å²) < 4.78 is 27.5. The Bertz CT molecular complexity index is 754. The maximum atomic E-state index is 12.4. The Hall–Kier alpha value is -1.69. The van der Waals surface area contributed by atoms with E-state index in [2.05, 4.69) is 22.2 Å². The summed E-state index contributed by atoms with van der Waals surface area (Å²) in [5.74, 6) is 0. The van der Waals surface area contributed by atoms with Crippen molar-refractivity contribution in [3.8, 4) is 0 Å². The van der Waals surface area contributed by atoms with Gasteiger partial charge < -0.3 is 5.32 Å². The smallest absolute Gasteiger partial charge is 0.240 e. The van der Waals surface area contributed by atoms with Crippen molar-refractivity contribution in [2.75, 3.05) is 13.1 Å². The van der Waals surface area contributed by atoms with Gasteiger partial charge in [-0.05, 0) is 24.6 Å². The van der Waals surface area contributed by atoms with Gasteiger partial charge in [-0.2, -0.15) is 0 Å². The van der Waals surface area contributed by atoms with Gasteiger partial charge in [0, 0.05) is 12.0 Å². The lowest BCUT2D eigenvalue weighted by Crippen LogP contribution is -2.88. The highest BCUT2D eigenvalue weighted by atomic mass is 32.2. The van der Waals surface area contributed by atoms with Crippen molar-refractivity contribution in [1.82, 2.24) is 4.72 Å². The van der Waals surface area contributed by atoms with Gasteiger partial charge in [0.1, 0.15) is 6.04 Å². The third kappa shape index (κ3) is 3.21. The largest absolute Gasteiger partial charge is 0.339 e. The Morgan fingerprint density at radius 3 is 2.64 bits per heavy atom. The average Bonchev–Trinajstić information content (AvgIpc) is 2.53. The van der Waals surface area contributed by atoms with Crippen LogP contribution in [0.25, 0.3) is 0 Å². The number of fused-ring (bicyclic) bond motifs is 1. The van der Waals surface area contributed by atoms with E-state index < -0.39 is 10.0 Å². The van der Waals surface area contributed by atoms with Gasteiger partial charge in [-0.25, -0.2) is 13.1 Å². The van der Waals surface area contributed by atoms with Crippen LogP contribution in [0.1, 0.15) is 22.7 Å². The quantitative estimate of drug-likeness (QED) is 0.888. The van der Waals surface area contributed by atoms with Crippen LogP contribution in [0.15, 0.2) is 53.4 Å². The zero-order valence-electron chi connectivity index (χ0n) is 12.6. The van der Waals surface area contributed by atoms with Crippen molar-refractivity contribution < 1.29 is 13.7 Å². The van der Waals surface area contributed by atoms with Gasteiger partial charge in [-0.3, -0.25) is 0 Å². The first-order valence-electron chi connectivity index (χ1n) is 7.54. The Morgan fingerprint density at radius 2 is 1.86 bits per heavy atom. The minimum atomic E-state index is -3.45. The molecule has 2 aromatic carbocycles. The number of aryl methyl sites for hydroxylation is 1. The van der Waals surface area contributed by atoms with E-state index in [4.69, 9.17) is 0 Å². The molecule has 3 rings (SSSR count). The third-order valence-electron chi connectivity index (χ3n) is 4.14. The highest BCUT2D eigenvalue weighted by Crippen LogP contribution is 2.18. The molecule has 3 N–H and O–H groups in total. The minimum Gasteiger partial charge on any atom is -0.339 e. The van der Waals surface area contributed by atoms with Crippen molar-refractivity contribution >= 4 is 10.0 Å². The molecule has 5 heteroatoms. The van der Waals surface area contributed by atoms with Crippen molar-refractivity contribution in [2.24, 2.45) is 0 Å². The Kier molecular flexibility index (Phi) is 4.29. The standard InChI is InChI=1S/C17H20N2O2S/c1-13-6-8-15(9-7-13)22(20,21)19-12-17-16-5-3-2-4-14(16)10-11-18-17/h2-9,17-19H,10-12H2,1H3/p+1/t17-/m0/s1. The summed E-state index contributed by atoms with van der Waals surface area (Å²) in [5.41, 5.74) is 3.61. The van der Waals surface area contributed by atoms with E-state index in [-0.39, 0.29) is 6.04 Å². The monoisotopic (exact) mass is 317 g/mol. The molecule has 0 amide bonds. The average molecular weight is 317 g/mol. The van der Waals surface area contributed by atoms with Crippen molar-refractivity contribution in [3.63, 3.8) is 0 Å². The summed E-state index contributed by atoms with van der Waals surface area (Å²) >= 11 is 0. The maximum Gasteiger partial charge on any atom is 0.240 e. The fourth-order valence-electron chi connectivity index (χ4n) is 2.88. The molecule has 2 aromatic rings. The van der Waals surface area contributed by atoms with Crippen LogP contribution in [0, 0.1) is 6.92 Å². The molecule has 22 heavy (non-hydrogen) atoms. The number of nitrogens with one attached hydrogen (secondary N) is 1. The van der Waals surface area contributed by atoms with E-state index >= 15 is 0 Å². The van der Waals surface area contributed by atoms with E-state index in [0.29, 0.717) is 11.4 Å². The first-order chi connectivity index (χ1) is 10.6. The molecule has 4 nitrogen and oxygen atoms in total. The van der Waals surface area contributed by atoms with Crippen LogP contribution >= 0.6 is 0 Å². The number of hydrogen-bond donors (Lipinski definition) is 2. The fourth-order valence-corrected chi connectivity index (χ4v) is 3.94. The molecule has 1 atom stereocenters. The van der Waals surface area contributed by atoms with Crippen LogP contribution in [0.5, 0.6) is 0 Å². The van der Waals surface area contributed by atoms with Gasteiger partial charge >= 0.3 is 0 Å². The van der Waals surface area contributed by atoms with E-state index in [9.17, 15) is 8.42 Å². The molecule has 0 bridgehead atoms. The number of hydrogen-bond acceptors (Lipinski definition) is 2. The van der Waals surface area contributed by atoms with Gasteiger partial charge in [-0.15, -0.1) is 0 Å². The number of sulfonamides is 1. The predicted molar refractivity (Wildman–Crippen MR) is 86.0 cm³/mol. The Morgan fingerprint density at radius 1 is 1.14 bits per heavy atom. The molecule has 1 heterocycles. The van der Waals surface area contributed by atoms with Crippen molar-refractivity contribution in [2.45, 2.75) is 24.3 Å². The van der Waals surface area contributed by atoms with Crippen LogP contribution in [-0.2, 0) is 16.4 Å². The van der Waals surface area contributed by atoms with E-state index in [1.165, 1.54) is 11.1 Å². The van der Waals surface area contributed by atoms with Crippen LogP contribution in [0.3, 0.4) is 0 Å². The Labute approximate surface area is 131 Å². The number of quaternary nitrogens is 1. The van der Waals surface area contributed by atoms with E-state index in [0.717, 1.165) is 18.5 Å². The number of nitrogens with two attached hydrogens (primary N) is 1. The molecule has 116 valence electrons. The number of benzene rings is 2. The summed E-state index contributed by atoms with van der Waals surface area (Å²) in [6.07, 6.45) is 1.04. The first kappa shape index (κ1) is 15.2. The van der Waals surface area contributed by atoms with Gasteiger partial charge in [0.25, 0.3) is 0 Å². The van der Waals surface area contributed by atoms with Gasteiger partial charge in [0.15, 0.2) is 0 Å². The van der Waals surface area contributed by atoms with E-state index in [1.807, 2.05) is 31.2 Å². The predicted octanol–water partition coefficient (Wildman–Crippen LogP) is 1.13. The molecule has 0 radical (unpaired) electrons. The first-order valence-corrected chi connectivity index (χ1v) is 9.02. The fraction of sp³-hybridized carbons (Fsp3) is 0.294. The SMILES string of the molecule is Cc1ccc(S(=O)(=O)NC[C@@H]2[NH2+]CCc3ccccc32)cc1. The van der Waals surface area contributed by atoms with Gasteiger partial charge in [0.05, 0.1) is 18.0 Å². The molecule has 0 fully saturated rings. The van der Waals surface area contributed by atoms with Crippen molar-refractivity contribution in [3.05, 3.63) is 65.2 Å². The lowest BCUT2D eigenvalue weighted by atomic mass is 9.95. The zero-order chi connectivity index (χ0) is 15.6. The topological polar surface area (TPSA) is 62.8 Å². The maximum absolute atomic E-state index is 12.4. The molecule has 0 unspecified atom stereocenters. The summed E-state index contributed by atoms with van der Waals surface area (Å²) in [4.78, 5) is 0.321. The second kappa shape index (κ2) is 6.20. The van der Waals surface area contributed by atoms with Crippen LogP contribution in [0.4, 0.5) is 0 Å². The molecule has 0 aromatic heterocycles. The second-order valence-electron chi connectivity index (χ2n) is 5.74. The van der Waals surface area contributed by atoms with Crippen molar-refractivity contribution in [1.29, 1.82) is 0 Å². The summed E-state index contributed by atoms with van der Waals surface area (Å²) in [7, 11) is -3.45. The number of rotatable bonds is 4. The normalized spacial score (nSPS) is 18.0. The molecule has 0 saturated heterocycles. The molecule has 0 saturated carbocycles. The van der Waals surface area contributed by atoms with Crippen LogP contribution in [0.2, 0.25) is 0 Å². The molecular formula is C17H21N2O2S+. The molecule has 1 aliphatic heterocycles. The summed E-state index contributed by atoms with van der Waals surface area (Å²) in [6.45, 7) is 3.35.